The van der Waals surface area contributed by atoms with Crippen molar-refractivity contribution >= 4 is 11.7 Å². The van der Waals surface area contributed by atoms with Crippen molar-refractivity contribution in [2.45, 2.75) is 38.4 Å². The molecular weight excluding hydrogens is 352 g/mol. The largest absolute Gasteiger partial charge is 0.435 e. The van der Waals surface area contributed by atoms with Gasteiger partial charge in [-0.15, -0.1) is 0 Å². The standard InChI is InChI=1S/C17H16F4N4O/c18-11-5-3-4-10(8-11)16(22)23-14(26)9-25-13-7-2-1-6-12(13)15(24-25)17(19,20)21/h3-5,8H,1-2,6-7,9H2,(H2,22,23,26)/p+1. The molecule has 9 heteroatoms. The smallest absolute Gasteiger partial charge is 0.287 e. The Kier molecular flexibility index (Phi) is 4.80. The summed E-state index contributed by atoms with van der Waals surface area (Å²) in [5.41, 5.74) is 5.68. The molecule has 0 saturated carbocycles. The Labute approximate surface area is 146 Å². The summed E-state index contributed by atoms with van der Waals surface area (Å²) in [5.74, 6) is -1.22. The predicted octanol–water partition coefficient (Wildman–Crippen LogP) is 0.932. The summed E-state index contributed by atoms with van der Waals surface area (Å²) < 4.78 is 53.8. The van der Waals surface area contributed by atoms with Crippen molar-refractivity contribution in [2.24, 2.45) is 5.73 Å². The number of hydrogen-bond acceptors (Lipinski definition) is 2. The number of nitrogens with one attached hydrogen (secondary N) is 1. The van der Waals surface area contributed by atoms with Crippen LogP contribution in [0.5, 0.6) is 0 Å². The Morgan fingerprint density at radius 3 is 2.69 bits per heavy atom. The van der Waals surface area contributed by atoms with Crippen molar-refractivity contribution in [3.05, 3.63) is 52.6 Å². The minimum absolute atomic E-state index is 0.0773. The van der Waals surface area contributed by atoms with Crippen molar-refractivity contribution in [3.8, 4) is 0 Å². The van der Waals surface area contributed by atoms with Crippen molar-refractivity contribution in [1.29, 1.82) is 0 Å². The van der Waals surface area contributed by atoms with Gasteiger partial charge in [0.1, 0.15) is 12.4 Å². The summed E-state index contributed by atoms with van der Waals surface area (Å²) in [6, 6.07) is 5.32. The average Bonchev–Trinajstić information content (AvgIpc) is 2.94. The Morgan fingerprint density at radius 2 is 2.00 bits per heavy atom. The molecule has 0 saturated heterocycles. The number of aromatic nitrogens is 2. The van der Waals surface area contributed by atoms with Crippen LogP contribution in [0.3, 0.4) is 0 Å². The van der Waals surface area contributed by atoms with Gasteiger partial charge in [-0.1, -0.05) is 6.07 Å². The molecule has 1 aromatic heterocycles. The highest BCUT2D eigenvalue weighted by Crippen LogP contribution is 2.35. The van der Waals surface area contributed by atoms with Crippen LogP contribution in [0.1, 0.15) is 35.4 Å². The average molecular weight is 369 g/mol. The summed E-state index contributed by atoms with van der Waals surface area (Å²) in [6.07, 6.45) is -2.42. The predicted molar refractivity (Wildman–Crippen MR) is 84.5 cm³/mol. The van der Waals surface area contributed by atoms with Crippen LogP contribution >= 0.6 is 0 Å². The zero-order valence-corrected chi connectivity index (χ0v) is 13.7. The zero-order chi connectivity index (χ0) is 18.9. The first kappa shape index (κ1) is 18.1. The van der Waals surface area contributed by atoms with Gasteiger partial charge in [-0.2, -0.15) is 18.3 Å². The summed E-state index contributed by atoms with van der Waals surface area (Å²) >= 11 is 0. The number of amides is 1. The Hall–Kier alpha value is -2.71. The van der Waals surface area contributed by atoms with Gasteiger partial charge in [-0.3, -0.25) is 10.4 Å². The molecule has 1 amide bonds. The first-order chi connectivity index (χ1) is 12.3. The van der Waals surface area contributed by atoms with Crippen molar-refractivity contribution in [2.75, 3.05) is 0 Å². The molecule has 26 heavy (non-hydrogen) atoms. The van der Waals surface area contributed by atoms with E-state index in [9.17, 15) is 22.4 Å². The number of nitrogens with two attached hydrogens (primary N) is 1. The molecule has 1 heterocycles. The number of benzene rings is 1. The molecule has 0 bridgehead atoms. The number of carbonyl (C=O) groups is 1. The highest BCUT2D eigenvalue weighted by Gasteiger charge is 2.39. The Bertz CT molecular complexity index is 870. The molecular formula is C17H17F4N4O+. The fraction of sp³-hybridized carbons (Fsp3) is 0.353. The molecule has 1 aliphatic carbocycles. The van der Waals surface area contributed by atoms with E-state index < -0.39 is 30.1 Å². The first-order valence-electron chi connectivity index (χ1n) is 8.09. The van der Waals surface area contributed by atoms with Crippen LogP contribution in [0.2, 0.25) is 0 Å². The lowest BCUT2D eigenvalue weighted by atomic mass is 9.95. The minimum atomic E-state index is -4.56. The molecule has 1 aliphatic rings. The van der Waals surface area contributed by atoms with E-state index in [1.165, 1.54) is 18.2 Å². The summed E-state index contributed by atoms with van der Waals surface area (Å²) in [4.78, 5) is 14.6. The summed E-state index contributed by atoms with van der Waals surface area (Å²) in [6.45, 7) is -0.394. The molecule has 0 aliphatic heterocycles. The monoisotopic (exact) mass is 369 g/mol. The minimum Gasteiger partial charge on any atom is -0.287 e. The molecule has 5 nitrogen and oxygen atoms in total. The maximum absolute atomic E-state index is 13.2. The van der Waals surface area contributed by atoms with E-state index >= 15 is 0 Å². The highest BCUT2D eigenvalue weighted by molar-refractivity contribution is 5.95. The van der Waals surface area contributed by atoms with Gasteiger partial charge in [0, 0.05) is 11.3 Å². The number of alkyl halides is 3. The van der Waals surface area contributed by atoms with Gasteiger partial charge < -0.3 is 0 Å². The van der Waals surface area contributed by atoms with E-state index in [0.717, 1.165) is 17.2 Å². The molecule has 3 N–H and O–H groups in total. The SMILES string of the molecule is NC(=[NH+]C(=O)Cn1nc(C(F)(F)F)c2c1CCCC2)c1cccc(F)c1. The maximum atomic E-state index is 13.2. The van der Waals surface area contributed by atoms with Crippen molar-refractivity contribution in [1.82, 2.24) is 9.78 Å². The third-order valence-electron chi connectivity index (χ3n) is 4.23. The molecule has 0 spiro atoms. The van der Waals surface area contributed by atoms with E-state index in [0.29, 0.717) is 25.0 Å². The van der Waals surface area contributed by atoms with Crippen LogP contribution in [0.25, 0.3) is 0 Å². The lowest BCUT2D eigenvalue weighted by molar-refractivity contribution is -0.379. The number of fused-ring (bicyclic) bond motifs is 1. The summed E-state index contributed by atoms with van der Waals surface area (Å²) in [7, 11) is 0. The number of nitrogen functional groups attached to an aromatic ring is 1. The van der Waals surface area contributed by atoms with Gasteiger partial charge in [-0.25, -0.2) is 14.2 Å². The second kappa shape index (κ2) is 6.89. The fourth-order valence-electron chi connectivity index (χ4n) is 3.08. The van der Waals surface area contributed by atoms with Crippen LogP contribution in [0.15, 0.2) is 24.3 Å². The lowest BCUT2D eigenvalue weighted by Crippen LogP contribution is -2.80. The lowest BCUT2D eigenvalue weighted by Gasteiger charge is -2.13. The number of halogens is 4. The van der Waals surface area contributed by atoms with Crippen LogP contribution < -0.4 is 10.7 Å². The first-order valence-corrected chi connectivity index (χ1v) is 8.09. The zero-order valence-electron chi connectivity index (χ0n) is 13.7. The number of hydrogen-bond donors (Lipinski definition) is 2. The molecule has 138 valence electrons. The number of nitrogens with zero attached hydrogens (tertiary/aromatic N) is 2. The van der Waals surface area contributed by atoms with Gasteiger partial charge in [0.05, 0.1) is 5.56 Å². The van der Waals surface area contributed by atoms with Crippen LogP contribution in [0.4, 0.5) is 17.6 Å². The summed E-state index contributed by atoms with van der Waals surface area (Å²) in [5, 5.41) is 3.62. The van der Waals surface area contributed by atoms with Gasteiger partial charge in [0.25, 0.3) is 5.84 Å². The second-order valence-corrected chi connectivity index (χ2v) is 6.11. The van der Waals surface area contributed by atoms with E-state index in [1.807, 2.05) is 0 Å². The molecule has 0 fully saturated rings. The topological polar surface area (TPSA) is 74.9 Å². The van der Waals surface area contributed by atoms with Crippen molar-refractivity contribution in [3.63, 3.8) is 0 Å². The third-order valence-corrected chi connectivity index (χ3v) is 4.23. The highest BCUT2D eigenvalue weighted by atomic mass is 19.4. The van der Waals surface area contributed by atoms with Crippen LogP contribution in [-0.2, 0) is 30.4 Å². The number of rotatable bonds is 3. The van der Waals surface area contributed by atoms with E-state index in [2.05, 4.69) is 10.1 Å². The molecule has 0 radical (unpaired) electrons. The fourth-order valence-corrected chi connectivity index (χ4v) is 3.08. The second-order valence-electron chi connectivity index (χ2n) is 6.11. The third kappa shape index (κ3) is 3.76. The van der Waals surface area contributed by atoms with Crippen LogP contribution in [-0.4, -0.2) is 21.5 Å². The molecule has 0 atom stereocenters. The molecule has 2 aromatic rings. The molecule has 3 rings (SSSR count). The number of carbonyl (C=O) groups excluding carboxylic acids is 1. The maximum Gasteiger partial charge on any atom is 0.435 e. The van der Waals surface area contributed by atoms with E-state index in [1.54, 1.807) is 0 Å². The Morgan fingerprint density at radius 1 is 1.27 bits per heavy atom. The Balaban J connectivity index is 1.86. The van der Waals surface area contributed by atoms with Crippen LogP contribution in [0, 0.1) is 5.82 Å². The quantitative estimate of drug-likeness (QED) is 0.480. The van der Waals surface area contributed by atoms with Gasteiger partial charge in [0.2, 0.25) is 0 Å². The van der Waals surface area contributed by atoms with Gasteiger partial charge in [0.15, 0.2) is 5.69 Å². The van der Waals surface area contributed by atoms with E-state index in [-0.39, 0.29) is 17.0 Å². The normalized spacial score (nSPS) is 15.0. The van der Waals surface area contributed by atoms with Gasteiger partial charge in [-0.05, 0) is 43.9 Å². The van der Waals surface area contributed by atoms with Crippen molar-refractivity contribution < 1.29 is 27.3 Å². The van der Waals surface area contributed by atoms with Gasteiger partial charge >= 0.3 is 12.1 Å². The van der Waals surface area contributed by atoms with E-state index in [4.69, 9.17) is 5.73 Å². The number of amidine groups is 1. The molecule has 1 aromatic carbocycles. The molecule has 0 unspecified atom stereocenters.